The zero-order chi connectivity index (χ0) is 20.1. The molecule has 0 spiro atoms. The standard InChI is InChI=1S/C20H19ClN4O3/c1-13-3-2-4-16-18(13)24-12-25(20(16)28)11-17(26)22-9-10-23-19(27)14-5-7-15(21)8-6-14/h2-8,12H,9-11H2,1H3,(H,22,26)(H,23,27). The van der Waals surface area contributed by atoms with Crippen molar-refractivity contribution in [2.45, 2.75) is 13.5 Å². The van der Waals surface area contributed by atoms with Crippen LogP contribution >= 0.6 is 11.6 Å². The summed E-state index contributed by atoms with van der Waals surface area (Å²) in [5.41, 5.74) is 1.76. The molecule has 2 N–H and O–H groups in total. The number of halogens is 1. The summed E-state index contributed by atoms with van der Waals surface area (Å²) in [5, 5.41) is 6.40. The van der Waals surface area contributed by atoms with Crippen molar-refractivity contribution in [3.05, 3.63) is 75.3 Å². The molecule has 2 amide bonds. The fourth-order valence-corrected chi connectivity index (χ4v) is 2.87. The van der Waals surface area contributed by atoms with Crippen LogP contribution < -0.4 is 16.2 Å². The molecule has 0 aliphatic carbocycles. The first-order chi connectivity index (χ1) is 13.5. The normalized spacial score (nSPS) is 10.6. The molecule has 7 nitrogen and oxygen atoms in total. The van der Waals surface area contributed by atoms with Gasteiger partial charge in [0.25, 0.3) is 11.5 Å². The Morgan fingerprint density at radius 1 is 1.07 bits per heavy atom. The first kappa shape index (κ1) is 19.6. The number of carbonyl (C=O) groups is 2. The van der Waals surface area contributed by atoms with Gasteiger partial charge in [-0.3, -0.25) is 19.0 Å². The molecule has 3 rings (SSSR count). The van der Waals surface area contributed by atoms with Gasteiger partial charge in [-0.25, -0.2) is 4.98 Å². The van der Waals surface area contributed by atoms with Crippen molar-refractivity contribution in [1.29, 1.82) is 0 Å². The van der Waals surface area contributed by atoms with Crippen LogP contribution in [0.2, 0.25) is 5.02 Å². The number of amides is 2. The van der Waals surface area contributed by atoms with Crippen LogP contribution in [0.5, 0.6) is 0 Å². The maximum Gasteiger partial charge on any atom is 0.261 e. The van der Waals surface area contributed by atoms with E-state index in [2.05, 4.69) is 15.6 Å². The predicted octanol–water partition coefficient (Wildman–Crippen LogP) is 1.90. The average Bonchev–Trinajstić information content (AvgIpc) is 2.68. The summed E-state index contributed by atoms with van der Waals surface area (Å²) in [6, 6.07) is 11.9. The number of hydrogen-bond donors (Lipinski definition) is 2. The third-order valence-electron chi connectivity index (χ3n) is 4.21. The molecule has 0 bridgehead atoms. The maximum absolute atomic E-state index is 12.5. The SMILES string of the molecule is Cc1cccc2c(=O)n(CC(=O)NCCNC(=O)c3ccc(Cl)cc3)cnc12. The zero-order valence-corrected chi connectivity index (χ0v) is 16.0. The van der Waals surface area contributed by atoms with Gasteiger partial charge in [-0.1, -0.05) is 23.7 Å². The molecule has 0 aliphatic heterocycles. The van der Waals surface area contributed by atoms with Crippen LogP contribution in [0.4, 0.5) is 0 Å². The Bertz CT molecular complexity index is 1080. The summed E-state index contributed by atoms with van der Waals surface area (Å²) in [5.74, 6) is -0.590. The van der Waals surface area contributed by atoms with Crippen LogP contribution in [0.1, 0.15) is 15.9 Å². The molecule has 0 aliphatic rings. The number of carbonyl (C=O) groups excluding carboxylic acids is 2. The van der Waals surface area contributed by atoms with Gasteiger partial charge in [0.15, 0.2) is 0 Å². The van der Waals surface area contributed by atoms with Gasteiger partial charge in [0, 0.05) is 23.7 Å². The molecule has 0 saturated carbocycles. The van der Waals surface area contributed by atoms with E-state index in [0.717, 1.165) is 5.56 Å². The highest BCUT2D eigenvalue weighted by Crippen LogP contribution is 2.11. The number of benzene rings is 2. The minimum Gasteiger partial charge on any atom is -0.353 e. The molecule has 0 saturated heterocycles. The van der Waals surface area contributed by atoms with Crippen molar-refractivity contribution >= 4 is 34.3 Å². The molecule has 2 aromatic carbocycles. The Hall–Kier alpha value is -3.19. The van der Waals surface area contributed by atoms with Gasteiger partial charge in [0.2, 0.25) is 5.91 Å². The lowest BCUT2D eigenvalue weighted by Crippen LogP contribution is -2.37. The van der Waals surface area contributed by atoms with Crippen molar-refractivity contribution < 1.29 is 9.59 Å². The first-order valence-corrected chi connectivity index (χ1v) is 9.09. The van der Waals surface area contributed by atoms with Crippen molar-refractivity contribution in [3.63, 3.8) is 0 Å². The van der Waals surface area contributed by atoms with Gasteiger partial charge in [0.05, 0.1) is 17.2 Å². The number of hydrogen-bond acceptors (Lipinski definition) is 4. The van der Waals surface area contributed by atoms with E-state index in [9.17, 15) is 14.4 Å². The van der Waals surface area contributed by atoms with Gasteiger partial charge in [-0.2, -0.15) is 0 Å². The monoisotopic (exact) mass is 398 g/mol. The predicted molar refractivity (Wildman–Crippen MR) is 108 cm³/mol. The van der Waals surface area contributed by atoms with Gasteiger partial charge in [-0.05, 0) is 42.8 Å². The number of fused-ring (bicyclic) bond motifs is 1. The second kappa shape index (κ2) is 8.67. The van der Waals surface area contributed by atoms with E-state index in [1.54, 1.807) is 36.4 Å². The lowest BCUT2D eigenvalue weighted by atomic mass is 10.1. The van der Waals surface area contributed by atoms with E-state index in [4.69, 9.17) is 11.6 Å². The third kappa shape index (κ3) is 4.55. The molecule has 8 heteroatoms. The van der Waals surface area contributed by atoms with Crippen LogP contribution in [0.15, 0.2) is 53.6 Å². The highest BCUT2D eigenvalue weighted by atomic mass is 35.5. The van der Waals surface area contributed by atoms with Crippen molar-refractivity contribution in [2.75, 3.05) is 13.1 Å². The fraction of sp³-hybridized carbons (Fsp3) is 0.200. The van der Waals surface area contributed by atoms with Gasteiger partial charge in [0.1, 0.15) is 6.54 Å². The van der Waals surface area contributed by atoms with E-state index in [1.165, 1.54) is 10.9 Å². The summed E-state index contributed by atoms with van der Waals surface area (Å²) in [4.78, 5) is 40.8. The van der Waals surface area contributed by atoms with Crippen molar-refractivity contribution in [1.82, 2.24) is 20.2 Å². The van der Waals surface area contributed by atoms with Crippen molar-refractivity contribution in [2.24, 2.45) is 0 Å². The average molecular weight is 399 g/mol. The van der Waals surface area contributed by atoms with Gasteiger partial charge >= 0.3 is 0 Å². The molecule has 28 heavy (non-hydrogen) atoms. The summed E-state index contributed by atoms with van der Waals surface area (Å²) in [6.45, 7) is 2.25. The quantitative estimate of drug-likeness (QED) is 0.620. The number of rotatable bonds is 6. The molecular weight excluding hydrogens is 380 g/mol. The molecule has 0 radical (unpaired) electrons. The Kier molecular flexibility index (Phi) is 6.06. The molecule has 0 atom stereocenters. The lowest BCUT2D eigenvalue weighted by Gasteiger charge is -2.09. The fourth-order valence-electron chi connectivity index (χ4n) is 2.74. The molecule has 144 valence electrons. The van der Waals surface area contributed by atoms with E-state index >= 15 is 0 Å². The lowest BCUT2D eigenvalue weighted by molar-refractivity contribution is -0.121. The summed E-state index contributed by atoms with van der Waals surface area (Å²) < 4.78 is 1.27. The second-order valence-electron chi connectivity index (χ2n) is 6.26. The largest absolute Gasteiger partial charge is 0.353 e. The zero-order valence-electron chi connectivity index (χ0n) is 15.2. The number of nitrogens with zero attached hydrogens (tertiary/aromatic N) is 2. The van der Waals surface area contributed by atoms with Crippen LogP contribution in [0.3, 0.4) is 0 Å². The molecule has 3 aromatic rings. The van der Waals surface area contributed by atoms with Crippen molar-refractivity contribution in [3.8, 4) is 0 Å². The first-order valence-electron chi connectivity index (χ1n) is 8.71. The Morgan fingerprint density at radius 2 is 1.79 bits per heavy atom. The smallest absolute Gasteiger partial charge is 0.261 e. The summed E-state index contributed by atoms with van der Waals surface area (Å²) >= 11 is 5.79. The number of aromatic nitrogens is 2. The maximum atomic E-state index is 12.5. The minimum atomic E-state index is -0.336. The highest BCUT2D eigenvalue weighted by molar-refractivity contribution is 6.30. The van der Waals surface area contributed by atoms with Crippen LogP contribution in [0, 0.1) is 6.92 Å². The summed E-state index contributed by atoms with van der Waals surface area (Å²) in [6.07, 6.45) is 1.37. The van der Waals surface area contributed by atoms with E-state index in [0.29, 0.717) is 21.5 Å². The third-order valence-corrected chi connectivity index (χ3v) is 4.46. The molecular formula is C20H19ClN4O3. The number of para-hydroxylation sites is 1. The Balaban J connectivity index is 1.51. The van der Waals surface area contributed by atoms with E-state index < -0.39 is 0 Å². The molecule has 1 aromatic heterocycles. The minimum absolute atomic E-state index is 0.138. The van der Waals surface area contributed by atoms with E-state index in [1.807, 2.05) is 13.0 Å². The topological polar surface area (TPSA) is 93.1 Å². The molecule has 1 heterocycles. The second-order valence-corrected chi connectivity index (χ2v) is 6.70. The Morgan fingerprint density at radius 3 is 2.54 bits per heavy atom. The molecule has 0 unspecified atom stereocenters. The number of nitrogens with one attached hydrogen (secondary N) is 2. The number of aryl methyl sites for hydroxylation is 1. The van der Waals surface area contributed by atoms with Crippen LogP contribution in [-0.4, -0.2) is 34.5 Å². The van der Waals surface area contributed by atoms with Crippen LogP contribution in [0.25, 0.3) is 10.9 Å². The van der Waals surface area contributed by atoms with Crippen LogP contribution in [-0.2, 0) is 11.3 Å². The van der Waals surface area contributed by atoms with E-state index in [-0.39, 0.29) is 37.0 Å². The highest BCUT2D eigenvalue weighted by Gasteiger charge is 2.09. The van der Waals surface area contributed by atoms with Gasteiger partial charge in [-0.15, -0.1) is 0 Å². The molecule has 0 fully saturated rings. The van der Waals surface area contributed by atoms with Gasteiger partial charge < -0.3 is 10.6 Å². The Labute approximate surface area is 166 Å². The summed E-state index contributed by atoms with van der Waals surface area (Å²) in [7, 11) is 0.